The Kier molecular flexibility index (Phi) is 5.05. The Morgan fingerprint density at radius 1 is 1.13 bits per heavy atom. The van der Waals surface area contributed by atoms with Crippen molar-refractivity contribution in [3.63, 3.8) is 0 Å². The number of hydrogen-bond acceptors (Lipinski definition) is 4. The summed E-state index contributed by atoms with van der Waals surface area (Å²) in [6.45, 7) is 3.60. The van der Waals surface area contributed by atoms with Crippen LogP contribution >= 0.6 is 0 Å². The number of aromatic nitrogens is 2. The second-order valence-electron chi connectivity index (χ2n) is 6.94. The molecule has 152 valence electrons. The molecular formula is C23H21N3O3S. The first-order chi connectivity index (χ1) is 14.4. The summed E-state index contributed by atoms with van der Waals surface area (Å²) in [4.78, 5) is 15.5. The molecule has 1 atom stereocenters. The van der Waals surface area contributed by atoms with Crippen LogP contribution in [0.3, 0.4) is 0 Å². The number of hydrogen-bond donors (Lipinski definition) is 1. The predicted molar refractivity (Wildman–Crippen MR) is 122 cm³/mol. The van der Waals surface area contributed by atoms with Crippen molar-refractivity contribution in [2.75, 3.05) is 6.26 Å². The highest BCUT2D eigenvalue weighted by atomic mass is 32.2. The summed E-state index contributed by atoms with van der Waals surface area (Å²) in [7, 11) is -0.850. The van der Waals surface area contributed by atoms with Gasteiger partial charge in [0.05, 0.1) is 15.4 Å². The fourth-order valence-corrected chi connectivity index (χ4v) is 3.83. The van der Waals surface area contributed by atoms with Crippen molar-refractivity contribution in [2.45, 2.75) is 0 Å². The second kappa shape index (κ2) is 7.68. The molecule has 0 spiro atoms. The lowest BCUT2D eigenvalue weighted by Crippen LogP contribution is -2.16. The number of nitrogens with zero attached hydrogens (tertiary/aromatic N) is 2. The first-order valence-corrected chi connectivity index (χ1v) is 11.3. The van der Waals surface area contributed by atoms with Gasteiger partial charge in [0, 0.05) is 47.6 Å². The van der Waals surface area contributed by atoms with Gasteiger partial charge in [0.15, 0.2) is 0 Å². The van der Waals surface area contributed by atoms with Gasteiger partial charge < -0.3 is 14.3 Å². The van der Waals surface area contributed by atoms with E-state index in [1.165, 1.54) is 16.2 Å². The Labute approximate surface area is 174 Å². The summed E-state index contributed by atoms with van der Waals surface area (Å²) in [5, 5.41) is 2.12. The Bertz CT molecular complexity index is 1430. The highest BCUT2D eigenvalue weighted by Crippen LogP contribution is 2.39. The highest BCUT2D eigenvalue weighted by Gasteiger charge is 2.16. The number of ether oxygens (including phenoxy) is 1. The van der Waals surface area contributed by atoms with Gasteiger partial charge in [-0.3, -0.25) is 4.79 Å². The first-order valence-electron chi connectivity index (χ1n) is 9.26. The number of para-hydroxylation sites is 1. The largest absolute Gasteiger partial charge is 0.457 e. The van der Waals surface area contributed by atoms with Crippen molar-refractivity contribution >= 4 is 26.3 Å². The third-order valence-electron chi connectivity index (χ3n) is 4.71. The van der Waals surface area contributed by atoms with E-state index in [2.05, 4.69) is 15.9 Å². The Morgan fingerprint density at radius 3 is 2.63 bits per heavy atom. The average Bonchev–Trinajstić information content (AvgIpc) is 3.23. The van der Waals surface area contributed by atoms with Crippen LogP contribution in [0.25, 0.3) is 22.0 Å². The van der Waals surface area contributed by atoms with Crippen molar-refractivity contribution in [1.82, 2.24) is 9.55 Å². The third-order valence-corrected chi connectivity index (χ3v) is 5.91. The van der Waals surface area contributed by atoms with Crippen molar-refractivity contribution in [2.24, 2.45) is 11.4 Å². The van der Waals surface area contributed by atoms with Gasteiger partial charge >= 0.3 is 0 Å². The number of aromatic amines is 1. The van der Waals surface area contributed by atoms with Crippen LogP contribution in [0.2, 0.25) is 0 Å². The van der Waals surface area contributed by atoms with Gasteiger partial charge in [-0.25, -0.2) is 4.21 Å². The predicted octanol–water partition coefficient (Wildman–Crippen LogP) is 5.20. The minimum absolute atomic E-state index is 0.117. The number of pyridine rings is 1. The van der Waals surface area contributed by atoms with E-state index in [4.69, 9.17) is 4.74 Å². The van der Waals surface area contributed by atoms with E-state index in [9.17, 15) is 9.00 Å². The summed E-state index contributed by atoms with van der Waals surface area (Å²) in [6.07, 6.45) is 5.04. The molecule has 7 heteroatoms. The zero-order valence-corrected chi connectivity index (χ0v) is 17.5. The van der Waals surface area contributed by atoms with Crippen LogP contribution in [0.5, 0.6) is 11.5 Å². The van der Waals surface area contributed by atoms with Crippen molar-refractivity contribution in [1.29, 1.82) is 0 Å². The number of H-pyrrole nitrogens is 1. The Morgan fingerprint density at radius 2 is 1.90 bits per heavy atom. The van der Waals surface area contributed by atoms with Crippen LogP contribution in [0, 0.1) is 0 Å². The molecule has 2 aromatic heterocycles. The number of nitrogens with one attached hydrogen (secondary N) is 1. The number of rotatable bonds is 5. The standard InChI is InChI=1S/C23H21N3O3S/c1-4-30(3,28)25-16-10-11-21(29-17-8-6-5-7-9-17)19(14-16)20-15-26(2)23(27)22-18(20)12-13-24-22/h4-15,24H,1H2,2-3H3. The summed E-state index contributed by atoms with van der Waals surface area (Å²) in [6, 6.07) is 16.7. The topological polar surface area (TPSA) is 76.4 Å². The molecule has 0 aliphatic heterocycles. The van der Waals surface area contributed by atoms with E-state index >= 15 is 0 Å². The van der Waals surface area contributed by atoms with Crippen LogP contribution in [0.4, 0.5) is 5.69 Å². The SMILES string of the molecule is C=CS(C)(=O)=Nc1ccc(Oc2ccccc2)c(-c2cn(C)c(=O)c3[nH]ccc23)c1. The zero-order chi connectivity index (χ0) is 21.3. The molecule has 30 heavy (non-hydrogen) atoms. The van der Waals surface area contributed by atoms with Gasteiger partial charge in [-0.05, 0) is 36.4 Å². The zero-order valence-electron chi connectivity index (χ0n) is 16.7. The first kappa shape index (κ1) is 19.7. The minimum Gasteiger partial charge on any atom is -0.457 e. The molecule has 2 heterocycles. The molecule has 0 radical (unpaired) electrons. The molecule has 6 nitrogen and oxygen atoms in total. The maximum atomic E-state index is 12.5. The molecule has 0 amide bonds. The average molecular weight is 420 g/mol. The summed E-state index contributed by atoms with van der Waals surface area (Å²) in [5.74, 6) is 1.28. The summed E-state index contributed by atoms with van der Waals surface area (Å²) >= 11 is 0. The van der Waals surface area contributed by atoms with E-state index < -0.39 is 9.73 Å². The molecule has 0 aliphatic rings. The molecule has 0 aliphatic carbocycles. The quantitative estimate of drug-likeness (QED) is 0.483. The van der Waals surface area contributed by atoms with E-state index in [-0.39, 0.29) is 5.56 Å². The van der Waals surface area contributed by atoms with E-state index in [0.717, 1.165) is 16.5 Å². The molecule has 0 fully saturated rings. The lowest BCUT2D eigenvalue weighted by molar-refractivity contribution is 0.484. The lowest BCUT2D eigenvalue weighted by atomic mass is 10.0. The number of fused-ring (bicyclic) bond motifs is 1. The molecule has 0 bridgehead atoms. The normalized spacial score (nSPS) is 13.0. The second-order valence-corrected chi connectivity index (χ2v) is 9.18. The van der Waals surface area contributed by atoms with Crippen LogP contribution in [-0.4, -0.2) is 20.0 Å². The maximum Gasteiger partial charge on any atom is 0.274 e. The molecule has 4 aromatic rings. The van der Waals surface area contributed by atoms with Crippen LogP contribution in [0.15, 0.2) is 88.1 Å². The van der Waals surface area contributed by atoms with Crippen LogP contribution < -0.4 is 10.3 Å². The van der Waals surface area contributed by atoms with Gasteiger partial charge in [0.25, 0.3) is 5.56 Å². The fraction of sp³-hybridized carbons (Fsp3) is 0.0870. The van der Waals surface area contributed by atoms with Gasteiger partial charge in [0.2, 0.25) is 0 Å². The monoisotopic (exact) mass is 419 g/mol. The third kappa shape index (κ3) is 3.79. The number of aryl methyl sites for hydroxylation is 1. The van der Waals surface area contributed by atoms with E-state index in [1.807, 2.05) is 42.5 Å². The molecule has 0 saturated carbocycles. The van der Waals surface area contributed by atoms with Crippen LogP contribution in [-0.2, 0) is 16.8 Å². The Balaban J connectivity index is 1.98. The van der Waals surface area contributed by atoms with Gasteiger partial charge in [0.1, 0.15) is 17.0 Å². The molecule has 1 N–H and O–H groups in total. The molecular weight excluding hydrogens is 398 g/mol. The van der Waals surface area contributed by atoms with Crippen molar-refractivity contribution < 1.29 is 8.95 Å². The van der Waals surface area contributed by atoms with E-state index in [1.54, 1.807) is 31.6 Å². The molecule has 1 unspecified atom stereocenters. The van der Waals surface area contributed by atoms with E-state index in [0.29, 0.717) is 22.7 Å². The molecule has 0 saturated heterocycles. The van der Waals surface area contributed by atoms with Crippen LogP contribution in [0.1, 0.15) is 0 Å². The summed E-state index contributed by atoms with van der Waals surface area (Å²) in [5.41, 5.74) is 2.47. The Hall–Kier alpha value is -3.58. The van der Waals surface area contributed by atoms with Gasteiger partial charge in [-0.1, -0.05) is 24.8 Å². The minimum atomic E-state index is -2.55. The van der Waals surface area contributed by atoms with Crippen molar-refractivity contribution in [3.05, 3.63) is 89.3 Å². The highest BCUT2D eigenvalue weighted by molar-refractivity contribution is 7.95. The van der Waals surface area contributed by atoms with Gasteiger partial charge in [-0.2, -0.15) is 4.36 Å². The maximum absolute atomic E-state index is 12.5. The van der Waals surface area contributed by atoms with Crippen molar-refractivity contribution in [3.8, 4) is 22.6 Å². The lowest BCUT2D eigenvalue weighted by Gasteiger charge is -2.14. The summed E-state index contributed by atoms with van der Waals surface area (Å²) < 4.78 is 24.4. The molecule has 4 rings (SSSR count). The smallest absolute Gasteiger partial charge is 0.274 e. The van der Waals surface area contributed by atoms with Gasteiger partial charge in [-0.15, -0.1) is 0 Å². The molecule has 2 aromatic carbocycles. The number of benzene rings is 2. The fourth-order valence-electron chi connectivity index (χ4n) is 3.22.